The van der Waals surface area contributed by atoms with Gasteiger partial charge in [0.15, 0.2) is 5.96 Å². The zero-order chi connectivity index (χ0) is 9.60. The molecular formula is C10H17N3S. The Balaban J connectivity index is 1.77. The fraction of sp³-hybridized carbons (Fsp3) is 0.900. The second-order valence-electron chi connectivity index (χ2n) is 4.76. The van der Waals surface area contributed by atoms with Crippen molar-refractivity contribution in [3.8, 4) is 0 Å². The highest BCUT2D eigenvalue weighted by Gasteiger charge is 2.46. The SMILES string of the molecule is NC1=NCC2(CCSC2)N1CC1CC1. The molecule has 1 spiro atoms. The first kappa shape index (κ1) is 8.89. The van der Waals surface area contributed by atoms with E-state index in [1.54, 1.807) is 0 Å². The number of hydrogen-bond donors (Lipinski definition) is 1. The predicted molar refractivity (Wildman–Crippen MR) is 60.6 cm³/mol. The predicted octanol–water partition coefficient (Wildman–Crippen LogP) is 0.902. The van der Waals surface area contributed by atoms with E-state index in [2.05, 4.69) is 21.7 Å². The Bertz CT molecular complexity index is 267. The maximum absolute atomic E-state index is 5.98. The van der Waals surface area contributed by atoms with E-state index >= 15 is 0 Å². The molecular weight excluding hydrogens is 194 g/mol. The van der Waals surface area contributed by atoms with Gasteiger partial charge in [0.1, 0.15) is 0 Å². The van der Waals surface area contributed by atoms with E-state index in [0.717, 1.165) is 25.0 Å². The smallest absolute Gasteiger partial charge is 0.191 e. The molecule has 0 aromatic heterocycles. The third-order valence-electron chi connectivity index (χ3n) is 3.60. The Morgan fingerprint density at radius 1 is 1.57 bits per heavy atom. The van der Waals surface area contributed by atoms with Crippen LogP contribution >= 0.6 is 11.8 Å². The quantitative estimate of drug-likeness (QED) is 0.738. The van der Waals surface area contributed by atoms with Crippen LogP contribution < -0.4 is 5.73 Å². The fourth-order valence-electron chi connectivity index (χ4n) is 2.42. The van der Waals surface area contributed by atoms with Gasteiger partial charge in [-0.1, -0.05) is 0 Å². The van der Waals surface area contributed by atoms with E-state index in [0.29, 0.717) is 5.54 Å². The van der Waals surface area contributed by atoms with Crippen molar-refractivity contribution in [2.24, 2.45) is 16.6 Å². The molecule has 3 rings (SSSR count). The molecule has 0 amide bonds. The van der Waals surface area contributed by atoms with Crippen LogP contribution in [-0.2, 0) is 0 Å². The number of rotatable bonds is 2. The monoisotopic (exact) mass is 211 g/mol. The van der Waals surface area contributed by atoms with Crippen molar-refractivity contribution < 1.29 is 0 Å². The Hall–Kier alpha value is -0.380. The average Bonchev–Trinajstić information content (AvgIpc) is 2.81. The minimum absolute atomic E-state index is 0.317. The number of aliphatic imine (C=N–C) groups is 1. The van der Waals surface area contributed by atoms with Gasteiger partial charge in [-0.2, -0.15) is 11.8 Å². The summed E-state index contributed by atoms with van der Waals surface area (Å²) in [6.07, 6.45) is 4.06. The molecule has 3 aliphatic rings. The Morgan fingerprint density at radius 2 is 2.43 bits per heavy atom. The van der Waals surface area contributed by atoms with Crippen molar-refractivity contribution in [3.63, 3.8) is 0 Å². The summed E-state index contributed by atoms with van der Waals surface area (Å²) < 4.78 is 0. The molecule has 3 nitrogen and oxygen atoms in total. The maximum atomic E-state index is 5.98. The van der Waals surface area contributed by atoms with Gasteiger partial charge in [0, 0.05) is 12.3 Å². The molecule has 2 aliphatic heterocycles. The maximum Gasteiger partial charge on any atom is 0.191 e. The first-order valence-corrected chi connectivity index (χ1v) is 6.61. The third-order valence-corrected chi connectivity index (χ3v) is 4.84. The number of guanidine groups is 1. The second-order valence-corrected chi connectivity index (χ2v) is 5.86. The molecule has 0 bridgehead atoms. The number of thioether (sulfide) groups is 1. The molecule has 2 heterocycles. The second kappa shape index (κ2) is 3.05. The summed E-state index contributed by atoms with van der Waals surface area (Å²) in [7, 11) is 0. The van der Waals surface area contributed by atoms with E-state index < -0.39 is 0 Å². The van der Waals surface area contributed by atoms with E-state index in [4.69, 9.17) is 5.73 Å². The van der Waals surface area contributed by atoms with Crippen molar-refractivity contribution in [1.29, 1.82) is 0 Å². The summed E-state index contributed by atoms with van der Waals surface area (Å²) in [6.45, 7) is 2.11. The molecule has 14 heavy (non-hydrogen) atoms. The van der Waals surface area contributed by atoms with E-state index in [1.807, 2.05) is 0 Å². The minimum atomic E-state index is 0.317. The number of nitrogens with zero attached hydrogens (tertiary/aromatic N) is 2. The van der Waals surface area contributed by atoms with Crippen LogP contribution in [0.4, 0.5) is 0 Å². The van der Waals surface area contributed by atoms with Crippen LogP contribution in [0.15, 0.2) is 4.99 Å². The minimum Gasteiger partial charge on any atom is -0.370 e. The average molecular weight is 211 g/mol. The van der Waals surface area contributed by atoms with Crippen molar-refractivity contribution in [3.05, 3.63) is 0 Å². The van der Waals surface area contributed by atoms with Gasteiger partial charge in [0.2, 0.25) is 0 Å². The largest absolute Gasteiger partial charge is 0.370 e. The molecule has 2 N–H and O–H groups in total. The molecule has 1 aliphatic carbocycles. The molecule has 0 aromatic carbocycles. The van der Waals surface area contributed by atoms with Crippen LogP contribution in [0.2, 0.25) is 0 Å². The Morgan fingerprint density at radius 3 is 3.07 bits per heavy atom. The van der Waals surface area contributed by atoms with E-state index in [9.17, 15) is 0 Å². The zero-order valence-corrected chi connectivity index (χ0v) is 9.22. The standard InChI is InChI=1S/C10H17N3S/c11-9-12-6-10(3-4-14-7-10)13(9)5-8-1-2-8/h8H,1-7H2,(H2,11,12). The summed E-state index contributed by atoms with van der Waals surface area (Å²) in [6, 6.07) is 0. The van der Waals surface area contributed by atoms with Crippen LogP contribution in [0, 0.1) is 5.92 Å². The lowest BCUT2D eigenvalue weighted by Crippen LogP contribution is -2.52. The van der Waals surface area contributed by atoms with Gasteiger partial charge in [-0.15, -0.1) is 0 Å². The molecule has 0 aromatic rings. The van der Waals surface area contributed by atoms with Crippen LogP contribution in [0.25, 0.3) is 0 Å². The van der Waals surface area contributed by atoms with Gasteiger partial charge < -0.3 is 10.6 Å². The van der Waals surface area contributed by atoms with Crippen molar-refractivity contribution in [2.75, 3.05) is 24.6 Å². The van der Waals surface area contributed by atoms with Crippen molar-refractivity contribution in [1.82, 2.24) is 4.90 Å². The number of hydrogen-bond acceptors (Lipinski definition) is 4. The lowest BCUT2D eigenvalue weighted by Gasteiger charge is -2.35. The summed E-state index contributed by atoms with van der Waals surface area (Å²) in [5.74, 6) is 4.22. The first-order valence-electron chi connectivity index (χ1n) is 5.45. The molecule has 0 radical (unpaired) electrons. The van der Waals surface area contributed by atoms with Crippen molar-refractivity contribution >= 4 is 17.7 Å². The van der Waals surface area contributed by atoms with Gasteiger partial charge in [0.25, 0.3) is 0 Å². The summed E-state index contributed by atoms with van der Waals surface area (Å²) in [5, 5.41) is 0. The Labute approximate surface area is 89.1 Å². The topological polar surface area (TPSA) is 41.6 Å². The third kappa shape index (κ3) is 1.31. The van der Waals surface area contributed by atoms with Gasteiger partial charge in [-0.25, -0.2) is 0 Å². The lowest BCUT2D eigenvalue weighted by atomic mass is 9.98. The highest BCUT2D eigenvalue weighted by molar-refractivity contribution is 7.99. The van der Waals surface area contributed by atoms with Crippen LogP contribution in [0.1, 0.15) is 19.3 Å². The highest BCUT2D eigenvalue weighted by atomic mass is 32.2. The lowest BCUT2D eigenvalue weighted by molar-refractivity contribution is 0.222. The highest BCUT2D eigenvalue weighted by Crippen LogP contribution is 2.40. The molecule has 1 saturated heterocycles. The van der Waals surface area contributed by atoms with Crippen LogP contribution in [0.3, 0.4) is 0 Å². The normalized spacial score (nSPS) is 36.9. The van der Waals surface area contributed by atoms with Crippen LogP contribution in [-0.4, -0.2) is 41.0 Å². The summed E-state index contributed by atoms with van der Waals surface area (Å²) in [5.41, 5.74) is 6.29. The van der Waals surface area contributed by atoms with Crippen LogP contribution in [0.5, 0.6) is 0 Å². The molecule has 1 saturated carbocycles. The van der Waals surface area contributed by atoms with E-state index in [-0.39, 0.29) is 0 Å². The fourth-order valence-corrected chi connectivity index (χ4v) is 3.86. The summed E-state index contributed by atoms with van der Waals surface area (Å²) >= 11 is 2.05. The molecule has 1 atom stereocenters. The molecule has 78 valence electrons. The molecule has 4 heteroatoms. The van der Waals surface area contributed by atoms with E-state index in [1.165, 1.54) is 30.8 Å². The van der Waals surface area contributed by atoms with Gasteiger partial charge in [-0.05, 0) is 30.9 Å². The zero-order valence-electron chi connectivity index (χ0n) is 8.41. The molecule has 2 fully saturated rings. The van der Waals surface area contributed by atoms with Crippen molar-refractivity contribution in [2.45, 2.75) is 24.8 Å². The number of nitrogens with two attached hydrogens (primary N) is 1. The van der Waals surface area contributed by atoms with Gasteiger partial charge >= 0.3 is 0 Å². The summed E-state index contributed by atoms with van der Waals surface area (Å²) in [4.78, 5) is 6.85. The Kier molecular flexibility index (Phi) is 1.94. The molecule has 1 unspecified atom stereocenters. The van der Waals surface area contributed by atoms with Gasteiger partial charge in [-0.3, -0.25) is 4.99 Å². The van der Waals surface area contributed by atoms with Gasteiger partial charge in [0.05, 0.1) is 12.1 Å². The first-order chi connectivity index (χ1) is 6.80.